The van der Waals surface area contributed by atoms with Gasteiger partial charge in [0.1, 0.15) is 5.82 Å². The molecule has 0 saturated carbocycles. The number of hydrogen-bond acceptors (Lipinski definition) is 6. The number of hydrogen-bond donors (Lipinski definition) is 2. The van der Waals surface area contributed by atoms with Crippen LogP contribution in [0.5, 0.6) is 0 Å². The standard InChI is InChI=1S/C20H28N6O2S/c1-15(18(27)22-19(28)21-2)29-20-24-23-17(14-25-11-7-4-8-12-25)26(20)13-16-9-5-3-6-10-16/h3,5-6,9-10,15H,4,7-8,11-14H2,1-2H3,(H2,21,22,27,28)/t15-/m1/s1. The van der Waals surface area contributed by atoms with Crippen molar-refractivity contribution in [2.75, 3.05) is 20.1 Å². The average molecular weight is 417 g/mol. The van der Waals surface area contributed by atoms with E-state index in [-0.39, 0.29) is 5.91 Å². The fourth-order valence-corrected chi connectivity index (χ4v) is 4.12. The number of urea groups is 1. The van der Waals surface area contributed by atoms with Crippen LogP contribution < -0.4 is 10.6 Å². The molecule has 1 fully saturated rings. The first-order chi connectivity index (χ1) is 14.1. The Labute approximate surface area is 175 Å². The van der Waals surface area contributed by atoms with Crippen LogP contribution in [0.2, 0.25) is 0 Å². The summed E-state index contributed by atoms with van der Waals surface area (Å²) < 4.78 is 2.08. The molecule has 29 heavy (non-hydrogen) atoms. The van der Waals surface area contributed by atoms with Crippen LogP contribution >= 0.6 is 11.8 Å². The first-order valence-electron chi connectivity index (χ1n) is 9.94. The van der Waals surface area contributed by atoms with Crippen LogP contribution in [0.15, 0.2) is 35.5 Å². The first-order valence-corrected chi connectivity index (χ1v) is 10.8. The highest BCUT2D eigenvalue weighted by molar-refractivity contribution is 8.00. The lowest BCUT2D eigenvalue weighted by molar-refractivity contribution is -0.119. The zero-order chi connectivity index (χ0) is 20.6. The number of carbonyl (C=O) groups excluding carboxylic acids is 2. The van der Waals surface area contributed by atoms with Gasteiger partial charge in [-0.3, -0.25) is 15.0 Å². The average Bonchev–Trinajstić information content (AvgIpc) is 3.10. The molecule has 0 bridgehead atoms. The lowest BCUT2D eigenvalue weighted by Gasteiger charge is -2.26. The van der Waals surface area contributed by atoms with E-state index in [1.807, 2.05) is 18.2 Å². The minimum atomic E-state index is -0.515. The summed E-state index contributed by atoms with van der Waals surface area (Å²) in [5.74, 6) is 0.540. The topological polar surface area (TPSA) is 92.2 Å². The molecule has 8 nitrogen and oxygen atoms in total. The molecule has 1 atom stereocenters. The molecule has 0 spiro atoms. The van der Waals surface area contributed by atoms with Gasteiger partial charge < -0.3 is 9.88 Å². The van der Waals surface area contributed by atoms with Gasteiger partial charge in [-0.2, -0.15) is 0 Å². The lowest BCUT2D eigenvalue weighted by atomic mass is 10.1. The van der Waals surface area contributed by atoms with E-state index in [9.17, 15) is 9.59 Å². The van der Waals surface area contributed by atoms with Gasteiger partial charge in [0.2, 0.25) is 5.91 Å². The zero-order valence-electron chi connectivity index (χ0n) is 16.9. The van der Waals surface area contributed by atoms with E-state index < -0.39 is 11.3 Å². The Balaban J connectivity index is 1.77. The second kappa shape index (κ2) is 10.4. The summed E-state index contributed by atoms with van der Waals surface area (Å²) in [5, 5.41) is 13.7. The SMILES string of the molecule is CNC(=O)NC(=O)[C@@H](C)Sc1nnc(CN2CCCCC2)n1Cc1ccccc1. The summed E-state index contributed by atoms with van der Waals surface area (Å²) >= 11 is 1.31. The third-order valence-corrected chi connectivity index (χ3v) is 5.99. The highest BCUT2D eigenvalue weighted by atomic mass is 32.2. The van der Waals surface area contributed by atoms with E-state index in [1.54, 1.807) is 6.92 Å². The van der Waals surface area contributed by atoms with Gasteiger partial charge in [0.25, 0.3) is 0 Å². The van der Waals surface area contributed by atoms with Crippen LogP contribution in [0.25, 0.3) is 0 Å². The normalized spacial score (nSPS) is 15.7. The van der Waals surface area contributed by atoms with Gasteiger partial charge in [-0.05, 0) is 38.4 Å². The molecule has 9 heteroatoms. The van der Waals surface area contributed by atoms with Gasteiger partial charge in [-0.15, -0.1) is 10.2 Å². The van der Waals surface area contributed by atoms with Crippen LogP contribution in [0.1, 0.15) is 37.6 Å². The summed E-state index contributed by atoms with van der Waals surface area (Å²) in [6, 6.07) is 9.64. The fraction of sp³-hybridized carbons (Fsp3) is 0.500. The maximum absolute atomic E-state index is 12.3. The Morgan fingerprint density at radius 1 is 1.10 bits per heavy atom. The molecule has 0 unspecified atom stereocenters. The minimum Gasteiger partial charge on any atom is -0.341 e. The molecule has 1 aromatic carbocycles. The number of nitrogens with zero attached hydrogens (tertiary/aromatic N) is 4. The number of piperidine rings is 1. The Bertz CT molecular complexity index is 820. The Kier molecular flexibility index (Phi) is 7.65. The van der Waals surface area contributed by atoms with E-state index in [2.05, 4.69) is 42.4 Å². The molecule has 1 saturated heterocycles. The lowest BCUT2D eigenvalue weighted by Crippen LogP contribution is -2.41. The molecule has 1 aromatic heterocycles. The molecule has 3 amide bonds. The molecule has 2 heterocycles. The van der Waals surface area contributed by atoms with E-state index in [4.69, 9.17) is 0 Å². The highest BCUT2D eigenvalue weighted by Crippen LogP contribution is 2.24. The highest BCUT2D eigenvalue weighted by Gasteiger charge is 2.23. The van der Waals surface area contributed by atoms with Crippen molar-refractivity contribution >= 4 is 23.7 Å². The quantitative estimate of drug-likeness (QED) is 0.673. The summed E-state index contributed by atoms with van der Waals surface area (Å²) in [4.78, 5) is 26.1. The second-order valence-electron chi connectivity index (χ2n) is 7.14. The molecule has 2 aromatic rings. The van der Waals surface area contributed by atoms with Gasteiger partial charge >= 0.3 is 6.03 Å². The number of thioether (sulfide) groups is 1. The van der Waals surface area contributed by atoms with Crippen LogP contribution in [-0.2, 0) is 17.9 Å². The second-order valence-corrected chi connectivity index (χ2v) is 8.44. The maximum Gasteiger partial charge on any atom is 0.321 e. The Morgan fingerprint density at radius 2 is 1.83 bits per heavy atom. The predicted molar refractivity (Wildman–Crippen MR) is 113 cm³/mol. The summed E-state index contributed by atoms with van der Waals surface area (Å²) in [7, 11) is 1.48. The third kappa shape index (κ3) is 6.04. The number of aromatic nitrogens is 3. The number of imide groups is 1. The van der Waals surface area contributed by atoms with Crippen molar-refractivity contribution in [2.24, 2.45) is 0 Å². The first kappa shape index (κ1) is 21.3. The van der Waals surface area contributed by atoms with E-state index in [0.29, 0.717) is 11.7 Å². The van der Waals surface area contributed by atoms with Crippen molar-refractivity contribution in [2.45, 2.75) is 49.7 Å². The zero-order valence-corrected chi connectivity index (χ0v) is 17.7. The van der Waals surface area contributed by atoms with Gasteiger partial charge in [0, 0.05) is 7.05 Å². The molecule has 1 aliphatic rings. The van der Waals surface area contributed by atoms with Crippen molar-refractivity contribution in [3.05, 3.63) is 41.7 Å². The van der Waals surface area contributed by atoms with Gasteiger partial charge in [-0.25, -0.2) is 4.79 Å². The molecule has 2 N–H and O–H groups in total. The monoisotopic (exact) mass is 416 g/mol. The number of rotatable bonds is 7. The number of amides is 3. The van der Waals surface area contributed by atoms with Gasteiger partial charge in [-0.1, -0.05) is 48.5 Å². The summed E-state index contributed by atoms with van der Waals surface area (Å²) in [5.41, 5.74) is 1.15. The van der Waals surface area contributed by atoms with Gasteiger partial charge in [0.15, 0.2) is 5.16 Å². The largest absolute Gasteiger partial charge is 0.341 e. The number of likely N-dealkylation sites (tertiary alicyclic amines) is 1. The Hall–Kier alpha value is -2.39. The van der Waals surface area contributed by atoms with Crippen molar-refractivity contribution in [3.8, 4) is 0 Å². The van der Waals surface area contributed by atoms with E-state index in [0.717, 1.165) is 31.0 Å². The molecule has 156 valence electrons. The summed E-state index contributed by atoms with van der Waals surface area (Å²) in [6.07, 6.45) is 3.71. The molecular weight excluding hydrogens is 388 g/mol. The summed E-state index contributed by atoms with van der Waals surface area (Å²) in [6.45, 7) is 5.30. The molecule has 3 rings (SSSR count). The molecule has 1 aliphatic heterocycles. The molecular formula is C20H28N6O2S. The Morgan fingerprint density at radius 3 is 2.52 bits per heavy atom. The molecule has 0 aliphatic carbocycles. The van der Waals surface area contributed by atoms with Crippen LogP contribution in [0.4, 0.5) is 4.79 Å². The third-order valence-electron chi connectivity index (χ3n) is 4.91. The fourth-order valence-electron chi connectivity index (χ4n) is 3.25. The molecule has 0 radical (unpaired) electrons. The van der Waals surface area contributed by atoms with Gasteiger partial charge in [0.05, 0.1) is 18.3 Å². The maximum atomic E-state index is 12.3. The van der Waals surface area contributed by atoms with E-state index >= 15 is 0 Å². The van der Waals surface area contributed by atoms with E-state index in [1.165, 1.54) is 38.1 Å². The van der Waals surface area contributed by atoms with Crippen LogP contribution in [0.3, 0.4) is 0 Å². The van der Waals surface area contributed by atoms with Crippen molar-refractivity contribution < 1.29 is 9.59 Å². The van der Waals surface area contributed by atoms with Crippen molar-refractivity contribution in [3.63, 3.8) is 0 Å². The minimum absolute atomic E-state index is 0.360. The predicted octanol–water partition coefficient (Wildman–Crippen LogP) is 2.25. The number of nitrogens with one attached hydrogen (secondary N) is 2. The number of carbonyl (C=O) groups is 2. The number of benzene rings is 1. The smallest absolute Gasteiger partial charge is 0.321 e. The van der Waals surface area contributed by atoms with Crippen molar-refractivity contribution in [1.82, 2.24) is 30.3 Å². The van der Waals surface area contributed by atoms with Crippen LogP contribution in [0, 0.1) is 0 Å². The van der Waals surface area contributed by atoms with Crippen molar-refractivity contribution in [1.29, 1.82) is 0 Å². The van der Waals surface area contributed by atoms with Crippen LogP contribution in [-0.4, -0.2) is 57.0 Å².